The number of ether oxygens (including phenoxy) is 1. The highest BCUT2D eigenvalue weighted by Gasteiger charge is 2.47. The first-order chi connectivity index (χ1) is 7.60. The molecule has 2 rings (SSSR count). The molecule has 86 valence electrons. The maximum absolute atomic E-state index is 13.7. The summed E-state index contributed by atoms with van der Waals surface area (Å²) in [5, 5.41) is 9.22. The quantitative estimate of drug-likeness (QED) is 0.857. The van der Waals surface area contributed by atoms with Gasteiger partial charge in [0.05, 0.1) is 12.5 Å². The zero-order chi connectivity index (χ0) is 11.8. The van der Waals surface area contributed by atoms with E-state index in [4.69, 9.17) is 4.74 Å². The second-order valence-corrected chi connectivity index (χ2v) is 4.09. The molecule has 0 radical (unpaired) electrons. The molecule has 3 nitrogen and oxygen atoms in total. The number of hydrogen-bond acceptors (Lipinski definition) is 2. The minimum absolute atomic E-state index is 0.241. The summed E-state index contributed by atoms with van der Waals surface area (Å²) in [6, 6.07) is 4.24. The Balaban J connectivity index is 2.49. The van der Waals surface area contributed by atoms with E-state index in [9.17, 15) is 14.3 Å². The van der Waals surface area contributed by atoms with Gasteiger partial charge in [-0.2, -0.15) is 0 Å². The van der Waals surface area contributed by atoms with E-state index < -0.39 is 17.2 Å². The van der Waals surface area contributed by atoms with Crippen molar-refractivity contribution in [2.24, 2.45) is 0 Å². The molecule has 1 fully saturated rings. The topological polar surface area (TPSA) is 46.5 Å². The molecule has 0 unspecified atom stereocenters. The molecule has 1 aliphatic rings. The van der Waals surface area contributed by atoms with Crippen LogP contribution in [0.5, 0.6) is 5.75 Å². The third-order valence-electron chi connectivity index (χ3n) is 3.31. The van der Waals surface area contributed by atoms with Crippen molar-refractivity contribution < 1.29 is 19.0 Å². The zero-order valence-electron chi connectivity index (χ0n) is 9.00. The third-order valence-corrected chi connectivity index (χ3v) is 3.31. The van der Waals surface area contributed by atoms with E-state index in [1.165, 1.54) is 25.3 Å². The highest BCUT2D eigenvalue weighted by Crippen LogP contribution is 2.45. The fraction of sp³-hybridized carbons (Fsp3) is 0.417. The first-order valence-corrected chi connectivity index (χ1v) is 5.17. The molecule has 0 heterocycles. The van der Waals surface area contributed by atoms with Crippen LogP contribution in [-0.2, 0) is 10.2 Å². The number of halogens is 1. The summed E-state index contributed by atoms with van der Waals surface area (Å²) in [5.41, 5.74) is -0.802. The summed E-state index contributed by atoms with van der Waals surface area (Å²) < 4.78 is 18.7. The van der Waals surface area contributed by atoms with Crippen LogP contribution in [0.3, 0.4) is 0 Å². The van der Waals surface area contributed by atoms with Gasteiger partial charge in [-0.15, -0.1) is 0 Å². The van der Waals surface area contributed by atoms with Gasteiger partial charge in [0.2, 0.25) is 0 Å². The van der Waals surface area contributed by atoms with Crippen LogP contribution < -0.4 is 4.74 Å². The van der Waals surface area contributed by atoms with Gasteiger partial charge in [0.15, 0.2) is 0 Å². The van der Waals surface area contributed by atoms with Crippen molar-refractivity contribution in [2.75, 3.05) is 7.11 Å². The maximum Gasteiger partial charge on any atom is 0.314 e. The molecule has 0 spiro atoms. The Kier molecular flexibility index (Phi) is 2.58. The van der Waals surface area contributed by atoms with E-state index >= 15 is 0 Å². The fourth-order valence-electron chi connectivity index (χ4n) is 2.13. The lowest BCUT2D eigenvalue weighted by molar-refractivity contribution is -0.147. The second kappa shape index (κ2) is 3.77. The van der Waals surface area contributed by atoms with Crippen LogP contribution in [0.2, 0.25) is 0 Å². The first kappa shape index (κ1) is 10.9. The summed E-state index contributed by atoms with van der Waals surface area (Å²) in [6.45, 7) is 0. The van der Waals surface area contributed by atoms with Crippen LogP contribution in [0.25, 0.3) is 0 Å². The van der Waals surface area contributed by atoms with Crippen molar-refractivity contribution in [1.82, 2.24) is 0 Å². The highest BCUT2D eigenvalue weighted by molar-refractivity contribution is 5.82. The molecule has 1 N–H and O–H groups in total. The standard InChI is InChI=1S/C12H13FO3/c1-16-8-3-4-10(13)9(7-8)12(11(14)15)5-2-6-12/h3-4,7H,2,5-6H2,1H3,(H,14,15). The molecule has 0 atom stereocenters. The lowest BCUT2D eigenvalue weighted by Gasteiger charge is -2.38. The number of carboxylic acid groups (broad SMARTS) is 1. The molecule has 1 aliphatic carbocycles. The molecule has 1 aromatic rings. The summed E-state index contributed by atoms with van der Waals surface area (Å²) >= 11 is 0. The van der Waals surface area contributed by atoms with Gasteiger partial charge >= 0.3 is 5.97 Å². The van der Waals surface area contributed by atoms with Gasteiger partial charge in [-0.3, -0.25) is 4.79 Å². The Morgan fingerprint density at radius 2 is 2.19 bits per heavy atom. The Bertz CT molecular complexity index is 424. The minimum Gasteiger partial charge on any atom is -0.497 e. The van der Waals surface area contributed by atoms with Crippen LogP contribution in [-0.4, -0.2) is 18.2 Å². The van der Waals surface area contributed by atoms with Crippen molar-refractivity contribution in [3.8, 4) is 5.75 Å². The summed E-state index contributed by atoms with van der Waals surface area (Å²) in [7, 11) is 1.48. The van der Waals surface area contributed by atoms with E-state index in [-0.39, 0.29) is 5.56 Å². The predicted octanol–water partition coefficient (Wildman–Crippen LogP) is 2.34. The van der Waals surface area contributed by atoms with Crippen molar-refractivity contribution in [3.63, 3.8) is 0 Å². The van der Waals surface area contributed by atoms with Gasteiger partial charge in [-0.05, 0) is 31.0 Å². The van der Waals surface area contributed by atoms with Crippen molar-refractivity contribution in [1.29, 1.82) is 0 Å². The third kappa shape index (κ3) is 1.45. The number of rotatable bonds is 3. The number of carbonyl (C=O) groups is 1. The zero-order valence-corrected chi connectivity index (χ0v) is 9.00. The lowest BCUT2D eigenvalue weighted by atomic mass is 9.64. The van der Waals surface area contributed by atoms with E-state index in [0.29, 0.717) is 18.6 Å². The Hall–Kier alpha value is -1.58. The molecule has 1 saturated carbocycles. The van der Waals surface area contributed by atoms with Crippen LogP contribution in [0.1, 0.15) is 24.8 Å². The molecule has 1 aromatic carbocycles. The Morgan fingerprint density at radius 3 is 2.62 bits per heavy atom. The molecule has 4 heteroatoms. The molecular formula is C12H13FO3. The van der Waals surface area contributed by atoms with E-state index in [1.54, 1.807) is 0 Å². The van der Waals surface area contributed by atoms with Crippen molar-refractivity contribution in [2.45, 2.75) is 24.7 Å². The summed E-state index contributed by atoms with van der Waals surface area (Å²) in [5.74, 6) is -0.933. The van der Waals surface area contributed by atoms with E-state index in [1.807, 2.05) is 0 Å². The number of aliphatic carboxylic acids is 1. The highest BCUT2D eigenvalue weighted by atomic mass is 19.1. The van der Waals surface area contributed by atoms with E-state index in [2.05, 4.69) is 0 Å². The van der Waals surface area contributed by atoms with Gasteiger partial charge in [-0.25, -0.2) is 4.39 Å². The van der Waals surface area contributed by atoms with Gasteiger partial charge in [0.1, 0.15) is 11.6 Å². The molecule has 0 aromatic heterocycles. The normalized spacial score (nSPS) is 17.6. The number of benzene rings is 1. The number of methoxy groups -OCH3 is 1. The number of hydrogen-bond donors (Lipinski definition) is 1. The molecule has 0 amide bonds. The fourth-order valence-corrected chi connectivity index (χ4v) is 2.13. The molecular weight excluding hydrogens is 211 g/mol. The van der Waals surface area contributed by atoms with Crippen molar-refractivity contribution in [3.05, 3.63) is 29.6 Å². The SMILES string of the molecule is COc1ccc(F)c(C2(C(=O)O)CCC2)c1. The monoisotopic (exact) mass is 224 g/mol. The number of carboxylic acids is 1. The maximum atomic E-state index is 13.7. The molecule has 16 heavy (non-hydrogen) atoms. The van der Waals surface area contributed by atoms with Gasteiger partial charge < -0.3 is 9.84 Å². The second-order valence-electron chi connectivity index (χ2n) is 4.09. The molecule has 0 bridgehead atoms. The Labute approximate surface area is 92.9 Å². The Morgan fingerprint density at radius 1 is 1.50 bits per heavy atom. The smallest absolute Gasteiger partial charge is 0.314 e. The average molecular weight is 224 g/mol. The van der Waals surface area contributed by atoms with Crippen LogP contribution in [0, 0.1) is 5.82 Å². The predicted molar refractivity (Wildman–Crippen MR) is 56.1 cm³/mol. The van der Waals surface area contributed by atoms with Crippen LogP contribution in [0.4, 0.5) is 4.39 Å². The first-order valence-electron chi connectivity index (χ1n) is 5.17. The summed E-state index contributed by atoms with van der Waals surface area (Å²) in [4.78, 5) is 11.2. The average Bonchev–Trinajstić information content (AvgIpc) is 2.18. The van der Waals surface area contributed by atoms with Gasteiger partial charge in [-0.1, -0.05) is 6.42 Å². The van der Waals surface area contributed by atoms with Crippen LogP contribution in [0.15, 0.2) is 18.2 Å². The molecule has 0 saturated heterocycles. The minimum atomic E-state index is -1.04. The van der Waals surface area contributed by atoms with E-state index in [0.717, 1.165) is 6.42 Å². The van der Waals surface area contributed by atoms with Crippen molar-refractivity contribution >= 4 is 5.97 Å². The molecule has 0 aliphatic heterocycles. The largest absolute Gasteiger partial charge is 0.497 e. The van der Waals surface area contributed by atoms with Crippen LogP contribution >= 0.6 is 0 Å². The van der Waals surface area contributed by atoms with Gasteiger partial charge in [0.25, 0.3) is 0 Å². The van der Waals surface area contributed by atoms with Gasteiger partial charge in [0, 0.05) is 5.56 Å². The summed E-state index contributed by atoms with van der Waals surface area (Å²) in [6.07, 6.45) is 1.81. The lowest BCUT2D eigenvalue weighted by Crippen LogP contribution is -2.43.